The second-order valence-corrected chi connectivity index (χ2v) is 5.25. The van der Waals surface area contributed by atoms with E-state index in [-0.39, 0.29) is 0 Å². The molecule has 0 unspecified atom stereocenters. The molecule has 0 spiro atoms. The monoisotopic (exact) mass is 244 g/mol. The molecule has 0 saturated heterocycles. The molecule has 0 radical (unpaired) electrons. The topological polar surface area (TPSA) is 97.1 Å². The van der Waals surface area contributed by atoms with Gasteiger partial charge in [0.05, 0.1) is 6.26 Å². The van der Waals surface area contributed by atoms with E-state index in [4.69, 9.17) is 5.73 Å². The van der Waals surface area contributed by atoms with Gasteiger partial charge < -0.3 is 11.1 Å². The van der Waals surface area contributed by atoms with Crippen LogP contribution >= 0.6 is 0 Å². The van der Waals surface area contributed by atoms with E-state index in [1.807, 2.05) is 0 Å². The fourth-order valence-electron chi connectivity index (χ4n) is 1.14. The van der Waals surface area contributed by atoms with Crippen molar-refractivity contribution in [1.29, 1.82) is 0 Å². The molecule has 0 aliphatic rings. The van der Waals surface area contributed by atoms with Crippen molar-refractivity contribution in [2.75, 3.05) is 30.4 Å². The molecule has 16 heavy (non-hydrogen) atoms. The van der Waals surface area contributed by atoms with E-state index in [9.17, 15) is 8.42 Å². The van der Waals surface area contributed by atoms with E-state index >= 15 is 0 Å². The molecule has 0 fully saturated rings. The Labute approximate surface area is 95.3 Å². The standard InChI is InChI=1S/C9H16N4O2S/c1-16(14,15)13-5-2-4-11-8-3-6-12-9(10)7-8/h3,6-7,13H,2,4-5H2,1H3,(H3,10,11,12). The molecule has 0 aromatic carbocycles. The minimum atomic E-state index is -3.08. The average Bonchev–Trinajstić information content (AvgIpc) is 2.15. The van der Waals surface area contributed by atoms with Gasteiger partial charge in [0.25, 0.3) is 0 Å². The highest BCUT2D eigenvalue weighted by Crippen LogP contribution is 2.08. The zero-order valence-electron chi connectivity index (χ0n) is 9.10. The van der Waals surface area contributed by atoms with Crippen LogP contribution in [0.1, 0.15) is 6.42 Å². The van der Waals surface area contributed by atoms with Crippen LogP contribution in [-0.2, 0) is 10.0 Å². The summed E-state index contributed by atoms with van der Waals surface area (Å²) >= 11 is 0. The lowest BCUT2D eigenvalue weighted by molar-refractivity contribution is 0.586. The van der Waals surface area contributed by atoms with Gasteiger partial charge in [-0.05, 0) is 12.5 Å². The quantitative estimate of drug-likeness (QED) is 0.613. The van der Waals surface area contributed by atoms with Crippen LogP contribution in [-0.4, -0.2) is 32.7 Å². The molecule has 0 atom stereocenters. The molecule has 4 N–H and O–H groups in total. The number of anilines is 2. The smallest absolute Gasteiger partial charge is 0.208 e. The molecule has 0 aliphatic carbocycles. The van der Waals surface area contributed by atoms with Crippen LogP contribution in [0, 0.1) is 0 Å². The molecular formula is C9H16N4O2S. The molecule has 7 heteroatoms. The van der Waals surface area contributed by atoms with Crippen LogP contribution in [0.5, 0.6) is 0 Å². The Hall–Kier alpha value is -1.34. The third kappa shape index (κ3) is 5.52. The summed E-state index contributed by atoms with van der Waals surface area (Å²) in [7, 11) is -3.08. The number of nitrogen functional groups attached to an aromatic ring is 1. The van der Waals surface area contributed by atoms with Crippen molar-refractivity contribution >= 4 is 21.5 Å². The Morgan fingerprint density at radius 2 is 2.19 bits per heavy atom. The first kappa shape index (κ1) is 12.7. The Balaban J connectivity index is 2.21. The van der Waals surface area contributed by atoms with Crippen LogP contribution in [0.2, 0.25) is 0 Å². The van der Waals surface area contributed by atoms with Crippen molar-refractivity contribution in [2.45, 2.75) is 6.42 Å². The zero-order chi connectivity index (χ0) is 12.0. The summed E-state index contributed by atoms with van der Waals surface area (Å²) in [5.41, 5.74) is 6.38. The predicted octanol–water partition coefficient (Wildman–Crippen LogP) is 0.0150. The lowest BCUT2D eigenvalue weighted by Crippen LogP contribution is -2.24. The third-order valence-corrected chi connectivity index (χ3v) is 2.56. The normalized spacial score (nSPS) is 11.3. The summed E-state index contributed by atoms with van der Waals surface area (Å²) in [6.07, 6.45) is 3.46. The SMILES string of the molecule is CS(=O)(=O)NCCCNc1ccnc(N)c1. The Morgan fingerprint density at radius 3 is 2.81 bits per heavy atom. The van der Waals surface area contributed by atoms with Crippen LogP contribution in [0.4, 0.5) is 11.5 Å². The molecule has 6 nitrogen and oxygen atoms in total. The largest absolute Gasteiger partial charge is 0.385 e. The summed E-state index contributed by atoms with van der Waals surface area (Å²) < 4.78 is 23.9. The highest BCUT2D eigenvalue weighted by molar-refractivity contribution is 7.88. The zero-order valence-corrected chi connectivity index (χ0v) is 9.92. The van der Waals surface area contributed by atoms with Crippen molar-refractivity contribution in [1.82, 2.24) is 9.71 Å². The van der Waals surface area contributed by atoms with Crippen molar-refractivity contribution in [2.24, 2.45) is 0 Å². The van der Waals surface area contributed by atoms with Gasteiger partial charge in [0, 0.05) is 31.0 Å². The molecule has 0 amide bonds. The van der Waals surface area contributed by atoms with Gasteiger partial charge in [-0.1, -0.05) is 0 Å². The average molecular weight is 244 g/mol. The summed E-state index contributed by atoms with van der Waals surface area (Å²) in [5.74, 6) is 0.458. The van der Waals surface area contributed by atoms with Gasteiger partial charge >= 0.3 is 0 Å². The molecule has 1 aromatic heterocycles. The maximum absolute atomic E-state index is 10.8. The minimum absolute atomic E-state index is 0.423. The van der Waals surface area contributed by atoms with Crippen molar-refractivity contribution in [3.05, 3.63) is 18.3 Å². The molecule has 0 bridgehead atoms. The number of nitrogens with zero attached hydrogens (tertiary/aromatic N) is 1. The third-order valence-electron chi connectivity index (χ3n) is 1.83. The highest BCUT2D eigenvalue weighted by atomic mass is 32.2. The van der Waals surface area contributed by atoms with Gasteiger partial charge in [0.2, 0.25) is 10.0 Å². The second kappa shape index (κ2) is 5.66. The van der Waals surface area contributed by atoms with Gasteiger partial charge in [0.15, 0.2) is 0 Å². The summed E-state index contributed by atoms with van der Waals surface area (Å²) in [4.78, 5) is 3.86. The molecule has 0 saturated carbocycles. The number of hydrogen-bond donors (Lipinski definition) is 3. The van der Waals surface area contributed by atoms with Gasteiger partial charge in [-0.15, -0.1) is 0 Å². The lowest BCUT2D eigenvalue weighted by atomic mass is 10.3. The van der Waals surface area contributed by atoms with Gasteiger partial charge in [0.1, 0.15) is 5.82 Å². The molecule has 1 aromatic rings. The van der Waals surface area contributed by atoms with Crippen LogP contribution < -0.4 is 15.8 Å². The number of rotatable bonds is 6. The number of nitrogens with two attached hydrogens (primary N) is 1. The number of nitrogens with one attached hydrogen (secondary N) is 2. The van der Waals surface area contributed by atoms with E-state index in [1.165, 1.54) is 0 Å². The summed E-state index contributed by atoms with van der Waals surface area (Å²) in [5, 5.41) is 3.12. The van der Waals surface area contributed by atoms with Gasteiger partial charge in [-0.25, -0.2) is 18.1 Å². The summed E-state index contributed by atoms with van der Waals surface area (Å²) in [6.45, 7) is 1.10. The highest BCUT2D eigenvalue weighted by Gasteiger charge is 1.98. The number of sulfonamides is 1. The first-order valence-electron chi connectivity index (χ1n) is 4.87. The first-order valence-corrected chi connectivity index (χ1v) is 6.76. The van der Waals surface area contributed by atoms with E-state index in [0.717, 1.165) is 11.9 Å². The molecule has 0 aliphatic heterocycles. The second-order valence-electron chi connectivity index (χ2n) is 3.42. The van der Waals surface area contributed by atoms with Crippen molar-refractivity contribution < 1.29 is 8.42 Å². The van der Waals surface area contributed by atoms with Crippen LogP contribution in [0.3, 0.4) is 0 Å². The molecular weight excluding hydrogens is 228 g/mol. The van der Waals surface area contributed by atoms with Crippen LogP contribution in [0.25, 0.3) is 0 Å². The van der Waals surface area contributed by atoms with Gasteiger partial charge in [-0.3, -0.25) is 0 Å². The fraction of sp³-hybridized carbons (Fsp3) is 0.444. The summed E-state index contributed by atoms with van der Waals surface area (Å²) in [6, 6.07) is 3.53. The van der Waals surface area contributed by atoms with E-state index in [2.05, 4.69) is 15.0 Å². The van der Waals surface area contributed by atoms with Crippen LogP contribution in [0.15, 0.2) is 18.3 Å². The maximum atomic E-state index is 10.8. The Morgan fingerprint density at radius 1 is 1.44 bits per heavy atom. The van der Waals surface area contributed by atoms with E-state index in [1.54, 1.807) is 18.3 Å². The van der Waals surface area contributed by atoms with E-state index < -0.39 is 10.0 Å². The fourth-order valence-corrected chi connectivity index (χ4v) is 1.65. The number of pyridine rings is 1. The molecule has 1 rings (SSSR count). The van der Waals surface area contributed by atoms with Gasteiger partial charge in [-0.2, -0.15) is 0 Å². The Kier molecular flexibility index (Phi) is 4.51. The van der Waals surface area contributed by atoms with Crippen molar-refractivity contribution in [3.8, 4) is 0 Å². The molecule has 1 heterocycles. The van der Waals surface area contributed by atoms with Crippen molar-refractivity contribution in [3.63, 3.8) is 0 Å². The molecule has 90 valence electrons. The Bertz CT molecular complexity index is 433. The number of aromatic nitrogens is 1. The predicted molar refractivity (Wildman–Crippen MR) is 64.6 cm³/mol. The maximum Gasteiger partial charge on any atom is 0.208 e. The lowest BCUT2D eigenvalue weighted by Gasteiger charge is -2.06. The first-order chi connectivity index (χ1) is 7.47. The number of hydrogen-bond acceptors (Lipinski definition) is 5. The minimum Gasteiger partial charge on any atom is -0.385 e. The van der Waals surface area contributed by atoms with E-state index in [0.29, 0.717) is 25.3 Å².